The first kappa shape index (κ1) is 11.9. The lowest BCUT2D eigenvalue weighted by Gasteiger charge is -2.19. The van der Waals surface area contributed by atoms with Crippen LogP contribution in [0.3, 0.4) is 0 Å². The Morgan fingerprint density at radius 3 is 2.81 bits per heavy atom. The third-order valence-electron chi connectivity index (χ3n) is 3.14. The van der Waals surface area contributed by atoms with Crippen molar-refractivity contribution in [2.24, 2.45) is 0 Å². The van der Waals surface area contributed by atoms with Crippen LogP contribution in [0.5, 0.6) is 0 Å². The molecule has 1 aromatic rings. The Morgan fingerprint density at radius 1 is 1.44 bits per heavy atom. The van der Waals surface area contributed by atoms with Crippen molar-refractivity contribution >= 4 is 21.6 Å². The number of rotatable bonds is 2. The van der Waals surface area contributed by atoms with Gasteiger partial charge < -0.3 is 10.6 Å². The Bertz CT molecular complexity index is 388. The highest BCUT2D eigenvalue weighted by Gasteiger charge is 2.30. The van der Waals surface area contributed by atoms with Gasteiger partial charge in [0.2, 0.25) is 0 Å². The summed E-state index contributed by atoms with van der Waals surface area (Å²) in [5.41, 5.74) is 2.80. The number of aryl methyl sites for hydroxylation is 1. The molecule has 1 unspecified atom stereocenters. The molecule has 3 heteroatoms. The average Bonchev–Trinajstić information content (AvgIpc) is 2.52. The first-order valence-electron chi connectivity index (χ1n) is 5.74. The number of nitrogens with one attached hydrogen (secondary N) is 2. The fraction of sp³-hybridized carbons (Fsp3) is 0.538. The van der Waals surface area contributed by atoms with E-state index in [-0.39, 0.29) is 5.54 Å². The van der Waals surface area contributed by atoms with Gasteiger partial charge in [0.15, 0.2) is 0 Å². The lowest BCUT2D eigenvalue weighted by Crippen LogP contribution is -2.31. The van der Waals surface area contributed by atoms with Gasteiger partial charge in [0.1, 0.15) is 0 Å². The molecule has 0 radical (unpaired) electrons. The van der Waals surface area contributed by atoms with Gasteiger partial charge in [-0.05, 0) is 44.9 Å². The van der Waals surface area contributed by atoms with Crippen LogP contribution in [0.25, 0.3) is 0 Å². The van der Waals surface area contributed by atoms with E-state index in [0.717, 1.165) is 11.0 Å². The van der Waals surface area contributed by atoms with Crippen molar-refractivity contribution in [1.82, 2.24) is 5.32 Å². The van der Waals surface area contributed by atoms with Gasteiger partial charge in [0.25, 0.3) is 0 Å². The zero-order valence-electron chi connectivity index (χ0n) is 10.1. The smallest absolute Gasteiger partial charge is 0.0403 e. The molecule has 2 N–H and O–H groups in total. The Hall–Kier alpha value is -0.540. The van der Waals surface area contributed by atoms with E-state index in [2.05, 4.69) is 65.5 Å². The molecule has 1 saturated heterocycles. The lowest BCUT2D eigenvalue weighted by atomic mass is 10.0. The fourth-order valence-corrected chi connectivity index (χ4v) is 2.59. The molecule has 2 rings (SSSR count). The molecular formula is C13H19BrN2. The maximum atomic E-state index is 3.61. The monoisotopic (exact) mass is 282 g/mol. The SMILES string of the molecule is Cc1ccc(Br)cc1NC1CNC(C)(C)C1. The topological polar surface area (TPSA) is 24.1 Å². The third kappa shape index (κ3) is 2.77. The summed E-state index contributed by atoms with van der Waals surface area (Å²) in [6.07, 6.45) is 1.17. The minimum atomic E-state index is 0.261. The van der Waals surface area contributed by atoms with Crippen LogP contribution in [-0.2, 0) is 0 Å². The zero-order chi connectivity index (χ0) is 11.8. The first-order chi connectivity index (χ1) is 7.46. The minimum Gasteiger partial charge on any atom is -0.381 e. The molecule has 1 aliphatic rings. The van der Waals surface area contributed by atoms with Crippen molar-refractivity contribution in [2.45, 2.75) is 38.8 Å². The number of halogens is 1. The number of benzene rings is 1. The molecule has 0 saturated carbocycles. The van der Waals surface area contributed by atoms with Crippen LogP contribution in [0.4, 0.5) is 5.69 Å². The Balaban J connectivity index is 2.07. The molecule has 0 bridgehead atoms. The van der Waals surface area contributed by atoms with Gasteiger partial charge in [0, 0.05) is 28.3 Å². The van der Waals surface area contributed by atoms with Crippen molar-refractivity contribution in [3.8, 4) is 0 Å². The summed E-state index contributed by atoms with van der Waals surface area (Å²) in [5.74, 6) is 0. The van der Waals surface area contributed by atoms with E-state index >= 15 is 0 Å². The molecule has 0 spiro atoms. The molecule has 1 fully saturated rings. The number of hydrogen-bond donors (Lipinski definition) is 2. The minimum absolute atomic E-state index is 0.261. The molecule has 16 heavy (non-hydrogen) atoms. The van der Waals surface area contributed by atoms with Gasteiger partial charge in [0.05, 0.1) is 0 Å². The number of anilines is 1. The van der Waals surface area contributed by atoms with Crippen LogP contribution in [0.15, 0.2) is 22.7 Å². The van der Waals surface area contributed by atoms with Crippen LogP contribution < -0.4 is 10.6 Å². The lowest BCUT2D eigenvalue weighted by molar-refractivity contribution is 0.457. The van der Waals surface area contributed by atoms with E-state index in [0.29, 0.717) is 6.04 Å². The highest BCUT2D eigenvalue weighted by molar-refractivity contribution is 9.10. The molecule has 1 atom stereocenters. The molecule has 1 heterocycles. The van der Waals surface area contributed by atoms with Crippen molar-refractivity contribution in [3.05, 3.63) is 28.2 Å². The molecule has 0 aliphatic carbocycles. The van der Waals surface area contributed by atoms with E-state index in [1.807, 2.05) is 0 Å². The van der Waals surface area contributed by atoms with Gasteiger partial charge in [-0.3, -0.25) is 0 Å². The summed E-state index contributed by atoms with van der Waals surface area (Å²) < 4.78 is 1.13. The summed E-state index contributed by atoms with van der Waals surface area (Å²) in [4.78, 5) is 0. The maximum Gasteiger partial charge on any atom is 0.0403 e. The quantitative estimate of drug-likeness (QED) is 0.870. The summed E-state index contributed by atoms with van der Waals surface area (Å²) >= 11 is 3.51. The van der Waals surface area contributed by atoms with Crippen molar-refractivity contribution in [2.75, 3.05) is 11.9 Å². The van der Waals surface area contributed by atoms with Crippen LogP contribution in [0.1, 0.15) is 25.8 Å². The van der Waals surface area contributed by atoms with Gasteiger partial charge in [-0.25, -0.2) is 0 Å². The van der Waals surface area contributed by atoms with Gasteiger partial charge in [-0.2, -0.15) is 0 Å². The van der Waals surface area contributed by atoms with Crippen LogP contribution >= 0.6 is 15.9 Å². The van der Waals surface area contributed by atoms with E-state index in [1.54, 1.807) is 0 Å². The maximum absolute atomic E-state index is 3.61. The van der Waals surface area contributed by atoms with Gasteiger partial charge in [-0.1, -0.05) is 22.0 Å². The molecule has 1 aromatic carbocycles. The van der Waals surface area contributed by atoms with E-state index in [4.69, 9.17) is 0 Å². The standard InChI is InChI=1S/C13H19BrN2/c1-9-4-5-10(14)6-12(9)16-11-7-13(2,3)15-8-11/h4-6,11,15-16H,7-8H2,1-3H3. The highest BCUT2D eigenvalue weighted by Crippen LogP contribution is 2.25. The molecule has 88 valence electrons. The van der Waals surface area contributed by atoms with Crippen LogP contribution in [0, 0.1) is 6.92 Å². The van der Waals surface area contributed by atoms with Crippen LogP contribution in [-0.4, -0.2) is 18.1 Å². The van der Waals surface area contributed by atoms with Crippen LogP contribution in [0.2, 0.25) is 0 Å². The van der Waals surface area contributed by atoms with Crippen molar-refractivity contribution < 1.29 is 0 Å². The van der Waals surface area contributed by atoms with E-state index in [1.165, 1.54) is 17.7 Å². The Kier molecular flexibility index (Phi) is 3.27. The molecule has 0 amide bonds. The largest absolute Gasteiger partial charge is 0.381 e. The first-order valence-corrected chi connectivity index (χ1v) is 6.53. The molecule has 0 aromatic heterocycles. The van der Waals surface area contributed by atoms with Gasteiger partial charge >= 0.3 is 0 Å². The zero-order valence-corrected chi connectivity index (χ0v) is 11.7. The number of hydrogen-bond acceptors (Lipinski definition) is 2. The van der Waals surface area contributed by atoms with E-state index < -0.39 is 0 Å². The second-order valence-corrected chi connectivity index (χ2v) is 6.19. The summed E-state index contributed by atoms with van der Waals surface area (Å²) in [6.45, 7) is 7.69. The third-order valence-corrected chi connectivity index (χ3v) is 3.64. The molecular weight excluding hydrogens is 264 g/mol. The molecule has 2 nitrogen and oxygen atoms in total. The summed E-state index contributed by atoms with van der Waals surface area (Å²) in [7, 11) is 0. The van der Waals surface area contributed by atoms with Gasteiger partial charge in [-0.15, -0.1) is 0 Å². The van der Waals surface area contributed by atoms with Crippen molar-refractivity contribution in [1.29, 1.82) is 0 Å². The summed E-state index contributed by atoms with van der Waals surface area (Å²) in [5, 5.41) is 7.14. The predicted molar refractivity (Wildman–Crippen MR) is 73.0 cm³/mol. The Morgan fingerprint density at radius 2 is 2.19 bits per heavy atom. The second-order valence-electron chi connectivity index (χ2n) is 5.27. The summed E-state index contributed by atoms with van der Waals surface area (Å²) in [6, 6.07) is 6.90. The normalized spacial score (nSPS) is 23.4. The van der Waals surface area contributed by atoms with Crippen molar-refractivity contribution in [3.63, 3.8) is 0 Å². The second kappa shape index (κ2) is 4.38. The highest BCUT2D eigenvalue weighted by atomic mass is 79.9. The Labute approximate surface area is 106 Å². The average molecular weight is 283 g/mol. The molecule has 1 aliphatic heterocycles. The fourth-order valence-electron chi connectivity index (χ4n) is 2.23. The predicted octanol–water partition coefficient (Wildman–Crippen LogP) is 3.31. The van der Waals surface area contributed by atoms with E-state index in [9.17, 15) is 0 Å².